The van der Waals surface area contributed by atoms with Crippen molar-refractivity contribution < 1.29 is 25.5 Å². The van der Waals surface area contributed by atoms with Crippen LogP contribution in [-0.2, 0) is 31.9 Å². The van der Waals surface area contributed by atoms with Gasteiger partial charge in [0.15, 0.2) is 0 Å². The molecule has 1 aliphatic heterocycles. The number of pyridine rings is 1. The number of rotatable bonds is 1. The Balaban J connectivity index is 0.00000507. The van der Waals surface area contributed by atoms with Gasteiger partial charge in [-0.05, 0) is 95.6 Å². The predicted octanol–water partition coefficient (Wildman–Crippen LogP) is 16.4. The van der Waals surface area contributed by atoms with Gasteiger partial charge >= 0.3 is 0 Å². The number of benzene rings is 8. The zero-order valence-corrected chi connectivity index (χ0v) is 41.2. The summed E-state index contributed by atoms with van der Waals surface area (Å²) in [6, 6.07) is 72.9. The Morgan fingerprint density at radius 3 is 1.93 bits per heavy atom. The monoisotopic (exact) mass is 1060 g/mol. The van der Waals surface area contributed by atoms with Crippen molar-refractivity contribution in [2.24, 2.45) is 0 Å². The summed E-state index contributed by atoms with van der Waals surface area (Å²) in [5.74, 6) is 0. The molecule has 0 unspecified atom stereocenters. The minimum atomic E-state index is -0.192. The SMILES string of the molecule is CC(C)(C)c1cc2[c-]c(c1)n1[cH-]n(c3c(-c4ccccc4)cccc3c3ccccc3c3cccc(c3)c3cc(C(C)(C)C)cc(n3)n3c4[c-]c(ccc4c4ccccc43)o2)-c2ccccc2-1.[Pt]. The molecule has 0 aliphatic carbocycles. The van der Waals surface area contributed by atoms with Crippen molar-refractivity contribution in [3.05, 3.63) is 212 Å². The molecule has 0 N–H and O–H groups in total. The maximum atomic E-state index is 6.94. The third-order valence-corrected chi connectivity index (χ3v) is 13.3. The smallest absolute Gasteiger partial charge is 0.136 e. The third-order valence-electron chi connectivity index (χ3n) is 13.3. The molecule has 68 heavy (non-hydrogen) atoms. The first-order valence-electron chi connectivity index (χ1n) is 23.1. The van der Waals surface area contributed by atoms with Crippen LogP contribution >= 0.6 is 0 Å². The van der Waals surface area contributed by atoms with Crippen LogP contribution in [0.5, 0.6) is 0 Å². The molecular formula is C62H49N4OPt-3. The van der Waals surface area contributed by atoms with E-state index in [4.69, 9.17) is 9.40 Å². The molecule has 0 amide bonds. The molecule has 336 valence electrons. The fourth-order valence-electron chi connectivity index (χ4n) is 9.82. The number of hydrogen-bond donors (Lipinski definition) is 0. The Morgan fingerprint density at radius 1 is 0.500 bits per heavy atom. The van der Waals surface area contributed by atoms with E-state index in [-0.39, 0.29) is 31.9 Å². The van der Waals surface area contributed by atoms with Gasteiger partial charge in [0.05, 0.1) is 5.52 Å². The van der Waals surface area contributed by atoms with Gasteiger partial charge in [0.1, 0.15) is 5.65 Å². The summed E-state index contributed by atoms with van der Waals surface area (Å²) in [4.78, 5) is 5.55. The van der Waals surface area contributed by atoms with Crippen LogP contribution in [0.3, 0.4) is 0 Å². The average molecular weight is 1060 g/mol. The van der Waals surface area contributed by atoms with Crippen molar-refractivity contribution >= 4 is 82.1 Å². The summed E-state index contributed by atoms with van der Waals surface area (Å²) in [5.41, 5.74) is 13.2. The van der Waals surface area contributed by atoms with Crippen molar-refractivity contribution in [1.82, 2.24) is 18.5 Å². The third kappa shape index (κ3) is 7.37. The number of aromatic nitrogens is 4. The van der Waals surface area contributed by atoms with Gasteiger partial charge in [-0.1, -0.05) is 181 Å². The van der Waals surface area contributed by atoms with Gasteiger partial charge in [-0.25, -0.2) is 4.98 Å². The van der Waals surface area contributed by atoms with Crippen LogP contribution in [0.1, 0.15) is 52.7 Å². The maximum absolute atomic E-state index is 6.94. The number of para-hydroxylation sites is 4. The number of fused-ring (bicyclic) bond motifs is 23. The standard InChI is InChI=1S/C62H49N4O.Pt/c1-61(2,3)43-33-45-37-47(34-43)67-46-30-31-52-51-24-12-13-27-55(51)66(58(52)38-46)59-36-44(62(4,5)6)35-54(63-59)42-21-16-20-41(32-42)48-22-10-11-23-50(48)53-26-17-25-49(40-18-8-7-9-19-40)60(53)65-39-64(45)56-28-14-15-29-57(56)65;/h7-36,39H,1-6H3;/q-3;. The Hall–Kier alpha value is -7.33. The molecule has 0 fully saturated rings. The van der Waals surface area contributed by atoms with Crippen molar-refractivity contribution in [2.45, 2.75) is 52.4 Å². The van der Waals surface area contributed by atoms with Gasteiger partial charge in [-0.3, -0.25) is 0 Å². The van der Waals surface area contributed by atoms with Crippen molar-refractivity contribution in [3.63, 3.8) is 0 Å². The Bertz CT molecular complexity index is 4070. The van der Waals surface area contributed by atoms with Crippen molar-refractivity contribution in [2.75, 3.05) is 0 Å². The molecule has 0 atom stereocenters. The van der Waals surface area contributed by atoms with E-state index < -0.39 is 0 Å². The first kappa shape index (κ1) is 43.3. The minimum absolute atomic E-state index is 0. The molecule has 0 saturated heterocycles. The summed E-state index contributed by atoms with van der Waals surface area (Å²) >= 11 is 0. The van der Waals surface area contributed by atoms with Crippen molar-refractivity contribution in [3.8, 4) is 22.5 Å². The van der Waals surface area contributed by atoms with E-state index in [2.05, 4.69) is 249 Å². The minimum Gasteiger partial charge on any atom is -0.510 e. The molecule has 0 radical (unpaired) electrons. The molecule has 4 heterocycles. The predicted molar refractivity (Wildman–Crippen MR) is 280 cm³/mol. The number of hydrogen-bond acceptors (Lipinski definition) is 2. The van der Waals surface area contributed by atoms with Gasteiger partial charge in [0.2, 0.25) is 0 Å². The van der Waals surface area contributed by atoms with Gasteiger partial charge in [-0.2, -0.15) is 23.8 Å². The van der Waals surface area contributed by atoms with E-state index >= 15 is 0 Å². The van der Waals surface area contributed by atoms with Crippen LogP contribution in [0.15, 0.2) is 193 Å². The van der Waals surface area contributed by atoms with Gasteiger partial charge in [-0.15, -0.1) is 29.1 Å². The second-order valence-corrected chi connectivity index (χ2v) is 19.8. The van der Waals surface area contributed by atoms with Gasteiger partial charge in [0, 0.05) is 49.5 Å². The molecular weight excluding hydrogens is 1010 g/mol. The normalized spacial score (nSPS) is 12.1. The van der Waals surface area contributed by atoms with Crippen LogP contribution in [0.4, 0.5) is 0 Å². The van der Waals surface area contributed by atoms with Crippen LogP contribution in [0.2, 0.25) is 0 Å². The molecule has 12 rings (SSSR count). The second kappa shape index (κ2) is 16.5. The second-order valence-electron chi connectivity index (χ2n) is 19.8. The van der Waals surface area contributed by atoms with E-state index in [9.17, 15) is 0 Å². The summed E-state index contributed by atoms with van der Waals surface area (Å²) in [6.07, 6.45) is 2.23. The molecule has 5 nitrogen and oxygen atoms in total. The van der Waals surface area contributed by atoms with Gasteiger partial charge in [0.25, 0.3) is 0 Å². The summed E-state index contributed by atoms with van der Waals surface area (Å²) in [7, 11) is 0. The van der Waals surface area contributed by atoms with Crippen molar-refractivity contribution in [1.29, 1.82) is 0 Å². The number of nitrogens with zero attached hydrogens (tertiary/aromatic N) is 4. The first-order valence-corrected chi connectivity index (χ1v) is 23.1. The Morgan fingerprint density at radius 2 is 1.15 bits per heavy atom. The van der Waals surface area contributed by atoms with E-state index in [1.165, 1.54) is 5.56 Å². The van der Waals surface area contributed by atoms with Crippen LogP contribution in [0.25, 0.3) is 105 Å². The molecule has 11 aromatic rings. The zero-order valence-electron chi connectivity index (χ0n) is 38.9. The quantitative estimate of drug-likeness (QED) is 0.154. The molecule has 0 saturated carbocycles. The largest absolute Gasteiger partial charge is 0.510 e. The molecule has 3 aromatic heterocycles. The topological polar surface area (TPSA) is 40.3 Å². The van der Waals surface area contributed by atoms with Crippen LogP contribution in [0, 0.1) is 12.1 Å². The molecule has 6 heteroatoms. The zero-order chi connectivity index (χ0) is 45.6. The average Bonchev–Trinajstić information content (AvgIpc) is 3.89. The van der Waals surface area contributed by atoms with Gasteiger partial charge < -0.3 is 18.0 Å². The molecule has 8 aromatic carbocycles. The van der Waals surface area contributed by atoms with E-state index in [0.717, 1.165) is 99.0 Å². The summed E-state index contributed by atoms with van der Waals surface area (Å²) in [6.45, 7) is 13.5. The Labute approximate surface area is 410 Å². The van der Waals surface area contributed by atoms with E-state index in [0.29, 0.717) is 11.2 Å². The number of imidazole rings is 1. The molecule has 0 spiro atoms. The summed E-state index contributed by atoms with van der Waals surface area (Å²) in [5, 5.41) is 7.74. The Kier molecular flexibility index (Phi) is 10.5. The van der Waals surface area contributed by atoms with E-state index in [1.54, 1.807) is 0 Å². The fraction of sp³-hybridized carbons (Fsp3) is 0.129. The molecule has 1 aliphatic rings. The molecule has 10 bridgehead atoms. The van der Waals surface area contributed by atoms with E-state index in [1.807, 2.05) is 6.07 Å². The maximum Gasteiger partial charge on any atom is 0.136 e. The fourth-order valence-corrected chi connectivity index (χ4v) is 9.82. The summed E-state index contributed by atoms with van der Waals surface area (Å²) < 4.78 is 13.8. The first-order chi connectivity index (χ1) is 32.5. The van der Waals surface area contributed by atoms with Crippen LogP contribution in [-0.4, -0.2) is 18.5 Å². The van der Waals surface area contributed by atoms with Crippen LogP contribution < -0.4 is 0 Å².